The van der Waals surface area contributed by atoms with Crippen molar-refractivity contribution >= 4 is 28.9 Å². The Morgan fingerprint density at radius 1 is 1.41 bits per heavy atom. The van der Waals surface area contributed by atoms with Gasteiger partial charge < -0.3 is 20.1 Å². The van der Waals surface area contributed by atoms with Crippen molar-refractivity contribution in [1.29, 1.82) is 0 Å². The van der Waals surface area contributed by atoms with E-state index >= 15 is 0 Å². The minimum absolute atomic E-state index is 0.0931. The Balaban J connectivity index is 1.88. The van der Waals surface area contributed by atoms with Crippen molar-refractivity contribution < 1.29 is 24.9 Å². The van der Waals surface area contributed by atoms with E-state index in [1.807, 2.05) is 19.1 Å². The fourth-order valence-corrected chi connectivity index (χ4v) is 5.48. The van der Waals surface area contributed by atoms with E-state index in [9.17, 15) is 20.1 Å². The molecule has 0 spiro atoms. The number of carbonyl (C=O) groups is 1. The summed E-state index contributed by atoms with van der Waals surface area (Å²) in [6.45, 7) is 2.00. The third-order valence-corrected chi connectivity index (χ3v) is 7.20. The molecule has 164 valence electrons. The first-order valence-electron chi connectivity index (χ1n) is 10.4. The molecule has 1 aliphatic rings. The molecule has 1 aromatic rings. The van der Waals surface area contributed by atoms with E-state index in [-0.39, 0.29) is 23.2 Å². The lowest BCUT2D eigenvalue weighted by Gasteiger charge is -2.21. The molecule has 0 aliphatic heterocycles. The van der Waals surface area contributed by atoms with Gasteiger partial charge in [-0.25, -0.2) is 4.79 Å². The summed E-state index contributed by atoms with van der Waals surface area (Å²) >= 11 is 7.95. The predicted octanol–water partition coefficient (Wildman–Crippen LogP) is 3.93. The molecule has 6 atom stereocenters. The molecule has 3 N–H and O–H groups in total. The second-order valence-electron chi connectivity index (χ2n) is 7.84. The summed E-state index contributed by atoms with van der Waals surface area (Å²) in [6.07, 6.45) is 6.84. The average molecular weight is 445 g/mol. The van der Waals surface area contributed by atoms with Crippen LogP contribution in [0.25, 0.3) is 0 Å². The molecule has 29 heavy (non-hydrogen) atoms. The first kappa shape index (κ1) is 24.4. The smallest absolute Gasteiger partial charge is 0.348 e. The summed E-state index contributed by atoms with van der Waals surface area (Å²) in [7, 11) is 1.38. The van der Waals surface area contributed by atoms with Crippen molar-refractivity contribution in [2.24, 2.45) is 11.8 Å². The molecule has 1 heterocycles. The molecule has 7 heteroatoms. The molecule has 5 nitrogen and oxygen atoms in total. The van der Waals surface area contributed by atoms with Crippen LogP contribution >= 0.6 is 22.9 Å². The molecule has 0 aromatic carbocycles. The average Bonchev–Trinajstić information content (AvgIpc) is 3.24. The summed E-state index contributed by atoms with van der Waals surface area (Å²) < 4.78 is 4.74. The molecule has 1 aliphatic carbocycles. The third kappa shape index (κ3) is 7.37. The highest BCUT2D eigenvalue weighted by Crippen LogP contribution is 2.40. The number of aliphatic hydroxyl groups excluding tert-OH is 3. The van der Waals surface area contributed by atoms with Gasteiger partial charge in [-0.15, -0.1) is 22.9 Å². The Bertz CT molecular complexity index is 661. The van der Waals surface area contributed by atoms with Gasteiger partial charge >= 0.3 is 5.97 Å². The highest BCUT2D eigenvalue weighted by molar-refractivity contribution is 7.13. The molecule has 0 radical (unpaired) electrons. The number of hydrogen-bond acceptors (Lipinski definition) is 6. The zero-order chi connectivity index (χ0) is 21.4. The number of esters is 1. The fraction of sp³-hybridized carbons (Fsp3) is 0.682. The maximum atomic E-state index is 11.6. The van der Waals surface area contributed by atoms with Crippen LogP contribution in [0.3, 0.4) is 0 Å². The van der Waals surface area contributed by atoms with E-state index in [0.717, 1.165) is 30.6 Å². The van der Waals surface area contributed by atoms with Crippen LogP contribution < -0.4 is 0 Å². The number of alkyl halides is 1. The topological polar surface area (TPSA) is 87.0 Å². The molecule has 1 saturated carbocycles. The van der Waals surface area contributed by atoms with Gasteiger partial charge in [0.1, 0.15) is 4.88 Å². The summed E-state index contributed by atoms with van der Waals surface area (Å²) in [5, 5.41) is 30.3. The molecule has 0 amide bonds. The Kier molecular flexibility index (Phi) is 10.1. The summed E-state index contributed by atoms with van der Waals surface area (Å²) in [5.41, 5.74) is 0. The van der Waals surface area contributed by atoms with Crippen LogP contribution in [0.1, 0.15) is 60.0 Å². The lowest BCUT2D eigenvalue weighted by molar-refractivity contribution is 0.0606. The van der Waals surface area contributed by atoms with Gasteiger partial charge in [-0.05, 0) is 50.2 Å². The number of aryl methyl sites for hydroxylation is 1. The number of thiophene rings is 1. The van der Waals surface area contributed by atoms with E-state index in [1.165, 1.54) is 18.4 Å². The highest BCUT2D eigenvalue weighted by atomic mass is 35.5. The van der Waals surface area contributed by atoms with Crippen LogP contribution in [0.4, 0.5) is 0 Å². The Morgan fingerprint density at radius 3 is 2.86 bits per heavy atom. The van der Waals surface area contributed by atoms with Gasteiger partial charge in [-0.3, -0.25) is 0 Å². The summed E-state index contributed by atoms with van der Waals surface area (Å²) in [4.78, 5) is 13.3. The first-order valence-corrected chi connectivity index (χ1v) is 11.6. The maximum absolute atomic E-state index is 11.6. The van der Waals surface area contributed by atoms with Gasteiger partial charge in [0.15, 0.2) is 0 Å². The fourth-order valence-electron chi connectivity index (χ4n) is 4.03. The lowest BCUT2D eigenvalue weighted by Crippen LogP contribution is -2.20. The zero-order valence-corrected chi connectivity index (χ0v) is 18.7. The first-order chi connectivity index (χ1) is 13.8. The van der Waals surface area contributed by atoms with Gasteiger partial charge in [0.2, 0.25) is 0 Å². The van der Waals surface area contributed by atoms with E-state index in [2.05, 4.69) is 0 Å². The molecular weight excluding hydrogens is 412 g/mol. The quantitative estimate of drug-likeness (QED) is 0.273. The van der Waals surface area contributed by atoms with Gasteiger partial charge in [0.05, 0.1) is 25.4 Å². The lowest BCUT2D eigenvalue weighted by atomic mass is 9.89. The number of methoxy groups -OCH3 is 1. The Hall–Kier alpha value is -0.920. The second-order valence-corrected chi connectivity index (χ2v) is 9.57. The number of ether oxygens (including phenoxy) is 1. The Morgan fingerprint density at radius 2 is 2.17 bits per heavy atom. The second kappa shape index (κ2) is 12.1. The van der Waals surface area contributed by atoms with Crippen molar-refractivity contribution in [2.75, 3.05) is 7.11 Å². The number of rotatable bonds is 11. The minimum atomic E-state index is -0.721. The predicted molar refractivity (Wildman–Crippen MR) is 117 cm³/mol. The zero-order valence-electron chi connectivity index (χ0n) is 17.2. The standard InChI is InChI=1S/C22H33ClO5S/c1-3-5-14(24)12-15(25)8-10-18-17(19(23)13-20(18)26)7-4-6-16-9-11-21(29-16)22(27)28-2/h8-11,14-15,17-20,24-26H,3-7,12-13H2,1-2H3/t14?,15-,17-,18+,19+,20-/m1/s1. The monoisotopic (exact) mass is 444 g/mol. The van der Waals surface area contributed by atoms with Crippen LogP contribution in [0.15, 0.2) is 24.3 Å². The molecule has 1 unspecified atom stereocenters. The molecule has 0 saturated heterocycles. The summed E-state index contributed by atoms with van der Waals surface area (Å²) in [5.74, 6) is -0.269. The molecular formula is C22H33ClO5S. The number of halogens is 1. The summed E-state index contributed by atoms with van der Waals surface area (Å²) in [6, 6.07) is 3.74. The van der Waals surface area contributed by atoms with Crippen molar-refractivity contribution in [3.05, 3.63) is 34.0 Å². The molecule has 0 bridgehead atoms. The molecule has 1 aromatic heterocycles. The highest BCUT2D eigenvalue weighted by Gasteiger charge is 2.39. The van der Waals surface area contributed by atoms with Crippen molar-refractivity contribution in [2.45, 2.75) is 75.6 Å². The minimum Gasteiger partial charge on any atom is -0.465 e. The van der Waals surface area contributed by atoms with Crippen molar-refractivity contribution in [3.8, 4) is 0 Å². The van der Waals surface area contributed by atoms with Crippen LogP contribution in [-0.2, 0) is 11.2 Å². The number of hydrogen-bond donors (Lipinski definition) is 3. The van der Waals surface area contributed by atoms with E-state index < -0.39 is 18.3 Å². The molecule has 1 fully saturated rings. The van der Waals surface area contributed by atoms with Gasteiger partial charge in [-0.1, -0.05) is 25.5 Å². The third-order valence-electron chi connectivity index (χ3n) is 5.57. The number of aliphatic hydroxyl groups is 3. The van der Waals surface area contributed by atoms with E-state index in [0.29, 0.717) is 24.1 Å². The van der Waals surface area contributed by atoms with E-state index in [1.54, 1.807) is 12.1 Å². The van der Waals surface area contributed by atoms with Crippen LogP contribution in [-0.4, -0.2) is 52.1 Å². The van der Waals surface area contributed by atoms with Gasteiger partial charge in [0.25, 0.3) is 0 Å². The van der Waals surface area contributed by atoms with Crippen molar-refractivity contribution in [3.63, 3.8) is 0 Å². The number of carbonyl (C=O) groups excluding carboxylic acids is 1. The van der Waals surface area contributed by atoms with Crippen LogP contribution in [0, 0.1) is 11.8 Å². The largest absolute Gasteiger partial charge is 0.465 e. The van der Waals surface area contributed by atoms with Crippen molar-refractivity contribution in [1.82, 2.24) is 0 Å². The van der Waals surface area contributed by atoms with E-state index in [4.69, 9.17) is 16.3 Å². The van der Waals surface area contributed by atoms with Crippen LogP contribution in [0.5, 0.6) is 0 Å². The normalized spacial score (nSPS) is 26.7. The maximum Gasteiger partial charge on any atom is 0.348 e. The SMILES string of the molecule is CCCC(O)C[C@H](O)C=C[C@H]1[C@@H](CCCc2ccc(C(=O)OC)s2)[C@@H](Cl)C[C@H]1O. The van der Waals surface area contributed by atoms with Crippen LogP contribution in [0.2, 0.25) is 0 Å². The Labute approximate surface area is 182 Å². The van der Waals surface area contributed by atoms with Gasteiger partial charge in [-0.2, -0.15) is 0 Å². The van der Waals surface area contributed by atoms with Gasteiger partial charge in [0, 0.05) is 22.6 Å². The molecule has 2 rings (SSSR count).